The van der Waals surface area contributed by atoms with Crippen LogP contribution >= 0.6 is 0 Å². The summed E-state index contributed by atoms with van der Waals surface area (Å²) in [6.45, 7) is 0. The van der Waals surface area contributed by atoms with Crippen molar-refractivity contribution >= 4 is 70.9 Å². The quantitative estimate of drug-likeness (QED) is 0.159. The first kappa shape index (κ1) is 42.3. The summed E-state index contributed by atoms with van der Waals surface area (Å²) in [6.07, 6.45) is 6.12. The van der Waals surface area contributed by atoms with Crippen LogP contribution < -0.4 is 4.90 Å². The molecule has 0 N–H and O–H groups in total. The van der Waals surface area contributed by atoms with E-state index < -0.39 is 5.41 Å². The fraction of sp³-hybridized carbons (Fsp3) is 0.0933. The molecule has 13 aromatic carbocycles. The third kappa shape index (κ3) is 5.54. The van der Waals surface area contributed by atoms with Crippen LogP contribution in [0.15, 0.2) is 249 Å². The first-order valence-electron chi connectivity index (χ1n) is 27.5. The first-order chi connectivity index (χ1) is 37.7. The van der Waals surface area contributed by atoms with Crippen LogP contribution in [0, 0.1) is 0 Å². The molecule has 356 valence electrons. The van der Waals surface area contributed by atoms with Crippen LogP contribution in [0.5, 0.6) is 0 Å². The number of anilines is 3. The molecule has 0 heterocycles. The molecule has 0 saturated heterocycles. The topological polar surface area (TPSA) is 3.24 Å². The van der Waals surface area contributed by atoms with Crippen molar-refractivity contribution in [3.05, 3.63) is 282 Å². The second-order valence-corrected chi connectivity index (χ2v) is 22.1. The van der Waals surface area contributed by atoms with Crippen molar-refractivity contribution in [2.24, 2.45) is 0 Å². The highest BCUT2D eigenvalue weighted by molar-refractivity contribution is 6.26. The van der Waals surface area contributed by atoms with Crippen LogP contribution in [0.2, 0.25) is 0 Å². The Kier molecular flexibility index (Phi) is 8.77. The van der Waals surface area contributed by atoms with Gasteiger partial charge >= 0.3 is 0 Å². The van der Waals surface area contributed by atoms with Gasteiger partial charge in [0, 0.05) is 22.2 Å². The normalized spacial score (nSPS) is 15.1. The molecule has 1 fully saturated rings. The van der Waals surface area contributed by atoms with E-state index in [-0.39, 0.29) is 5.41 Å². The Hall–Kier alpha value is -9.04. The highest BCUT2D eigenvalue weighted by atomic mass is 15.1. The fourth-order valence-corrected chi connectivity index (χ4v) is 15.5. The lowest BCUT2D eigenvalue weighted by molar-refractivity contribution is 0.353. The molecule has 1 nitrogen and oxygen atoms in total. The Morgan fingerprint density at radius 2 is 0.789 bits per heavy atom. The highest BCUT2D eigenvalue weighted by Gasteiger charge is 2.52. The zero-order valence-electron chi connectivity index (χ0n) is 42.2. The Morgan fingerprint density at radius 3 is 1.47 bits per heavy atom. The number of nitrogens with zero attached hydrogens (tertiary/aromatic N) is 1. The SMILES string of the molecule is c1ccc2c(c1)-c1c(N(c3ccc4c5ccccc5c5ccccc5c4c3)c3cc4c(cc3-c3ccc5c(ccc6ccccc65)c3)-c3ccccc3C43c4ccccc4-c4ccccc43)cccc1C21CCCCC1. The van der Waals surface area contributed by atoms with Gasteiger partial charge < -0.3 is 4.90 Å². The second kappa shape index (κ2) is 15.7. The molecule has 4 aliphatic carbocycles. The second-order valence-electron chi connectivity index (χ2n) is 22.1. The Balaban J connectivity index is 1.03. The fourth-order valence-electron chi connectivity index (χ4n) is 15.5. The van der Waals surface area contributed by atoms with Gasteiger partial charge in [-0.05, 0) is 170 Å². The third-order valence-electron chi connectivity index (χ3n) is 18.6. The summed E-state index contributed by atoms with van der Waals surface area (Å²) in [5.74, 6) is 0. The van der Waals surface area contributed by atoms with Gasteiger partial charge in [0.05, 0.1) is 16.8 Å². The largest absolute Gasteiger partial charge is 0.309 e. The summed E-state index contributed by atoms with van der Waals surface area (Å²) in [5.41, 5.74) is 21.7. The number of rotatable bonds is 4. The molecular formula is C75H51N. The zero-order chi connectivity index (χ0) is 49.7. The van der Waals surface area contributed by atoms with E-state index in [1.807, 2.05) is 0 Å². The summed E-state index contributed by atoms with van der Waals surface area (Å²) in [5, 5.41) is 12.7. The minimum absolute atomic E-state index is 0.0186. The molecule has 17 rings (SSSR count). The van der Waals surface area contributed by atoms with Gasteiger partial charge in [0.15, 0.2) is 0 Å². The lowest BCUT2D eigenvalue weighted by Crippen LogP contribution is -2.28. The Bertz CT molecular complexity index is 4560. The molecule has 0 bridgehead atoms. The van der Waals surface area contributed by atoms with Crippen molar-refractivity contribution in [3.8, 4) is 44.5 Å². The highest BCUT2D eigenvalue weighted by Crippen LogP contribution is 2.65. The van der Waals surface area contributed by atoms with E-state index in [0.29, 0.717) is 0 Å². The van der Waals surface area contributed by atoms with Gasteiger partial charge in [-0.3, -0.25) is 0 Å². The smallest absolute Gasteiger partial charge is 0.0726 e. The molecule has 0 atom stereocenters. The van der Waals surface area contributed by atoms with Crippen molar-refractivity contribution in [2.45, 2.75) is 42.9 Å². The number of hydrogen-bond acceptors (Lipinski definition) is 1. The molecule has 0 radical (unpaired) electrons. The molecule has 0 aliphatic heterocycles. The van der Waals surface area contributed by atoms with Gasteiger partial charge in [-0.1, -0.05) is 232 Å². The van der Waals surface area contributed by atoms with Crippen molar-refractivity contribution in [1.82, 2.24) is 0 Å². The lowest BCUT2D eigenvalue weighted by Gasteiger charge is -2.36. The van der Waals surface area contributed by atoms with E-state index >= 15 is 0 Å². The molecule has 2 spiro atoms. The summed E-state index contributed by atoms with van der Waals surface area (Å²) >= 11 is 0. The molecule has 1 saturated carbocycles. The van der Waals surface area contributed by atoms with Crippen molar-refractivity contribution < 1.29 is 0 Å². The van der Waals surface area contributed by atoms with Crippen LogP contribution in [-0.4, -0.2) is 0 Å². The maximum Gasteiger partial charge on any atom is 0.0726 e. The van der Waals surface area contributed by atoms with Crippen LogP contribution in [0.4, 0.5) is 17.1 Å². The average Bonchev–Trinajstić information content (AvgIpc) is 4.26. The van der Waals surface area contributed by atoms with E-state index in [0.717, 1.165) is 5.69 Å². The molecule has 0 aromatic heterocycles. The Labute approximate surface area is 443 Å². The van der Waals surface area contributed by atoms with E-state index in [1.165, 1.54) is 175 Å². The van der Waals surface area contributed by atoms with Crippen molar-refractivity contribution in [1.29, 1.82) is 0 Å². The maximum absolute atomic E-state index is 2.70. The first-order valence-corrected chi connectivity index (χ1v) is 27.5. The summed E-state index contributed by atoms with van der Waals surface area (Å²) < 4.78 is 0. The van der Waals surface area contributed by atoms with Crippen LogP contribution in [0.25, 0.3) is 98.4 Å². The number of benzene rings is 13. The average molecular weight is 966 g/mol. The minimum Gasteiger partial charge on any atom is -0.309 e. The van der Waals surface area contributed by atoms with Gasteiger partial charge in [0.1, 0.15) is 0 Å². The number of fused-ring (bicyclic) bond motifs is 24. The van der Waals surface area contributed by atoms with Gasteiger partial charge in [-0.15, -0.1) is 0 Å². The van der Waals surface area contributed by atoms with Crippen LogP contribution in [0.3, 0.4) is 0 Å². The van der Waals surface area contributed by atoms with Gasteiger partial charge in [0.25, 0.3) is 0 Å². The lowest BCUT2D eigenvalue weighted by atomic mass is 9.68. The van der Waals surface area contributed by atoms with Gasteiger partial charge in [0.2, 0.25) is 0 Å². The monoisotopic (exact) mass is 965 g/mol. The zero-order valence-corrected chi connectivity index (χ0v) is 42.2. The molecule has 0 amide bonds. The summed E-state index contributed by atoms with van der Waals surface area (Å²) in [6, 6.07) is 95.8. The summed E-state index contributed by atoms with van der Waals surface area (Å²) in [7, 11) is 0. The standard InChI is InChI=1S/C75H51N/c1-16-41-74(42-17-1)65-29-12-11-28-61(65)73-69(74)33-18-34-71(73)76(50-38-40-57-55-23-5-4-21-53(55)54-22-6-7-24-56(54)63(57)44-50)72-46-70-64(45-62(72)49-37-39-52-48(43-49)36-35-47-19-2-3-20-51(47)52)60-27-10-15-32-68(60)75(70)66-30-13-8-25-58(66)59-26-9-14-31-67(59)75/h2-15,18-40,43-46H,1,16-17,41-42H2. The van der Waals surface area contributed by atoms with E-state index in [9.17, 15) is 0 Å². The van der Waals surface area contributed by atoms with Crippen LogP contribution in [-0.2, 0) is 10.8 Å². The van der Waals surface area contributed by atoms with E-state index in [4.69, 9.17) is 0 Å². The predicted molar refractivity (Wildman–Crippen MR) is 320 cm³/mol. The van der Waals surface area contributed by atoms with Crippen molar-refractivity contribution in [2.75, 3.05) is 4.90 Å². The van der Waals surface area contributed by atoms with E-state index in [1.54, 1.807) is 0 Å². The van der Waals surface area contributed by atoms with Gasteiger partial charge in [-0.2, -0.15) is 0 Å². The van der Waals surface area contributed by atoms with Crippen molar-refractivity contribution in [3.63, 3.8) is 0 Å². The Morgan fingerprint density at radius 1 is 0.276 bits per heavy atom. The minimum atomic E-state index is -0.531. The van der Waals surface area contributed by atoms with Crippen LogP contribution in [0.1, 0.15) is 65.5 Å². The molecule has 4 aliphatic rings. The molecule has 76 heavy (non-hydrogen) atoms. The molecule has 1 heteroatoms. The maximum atomic E-state index is 2.70. The third-order valence-corrected chi connectivity index (χ3v) is 18.6. The molecule has 13 aromatic rings. The molecular weight excluding hydrogens is 915 g/mol. The summed E-state index contributed by atoms with van der Waals surface area (Å²) in [4.78, 5) is 2.70. The van der Waals surface area contributed by atoms with Gasteiger partial charge in [-0.25, -0.2) is 0 Å². The number of hydrogen-bond donors (Lipinski definition) is 0. The molecule has 0 unspecified atom stereocenters. The predicted octanol–water partition coefficient (Wildman–Crippen LogP) is 20.2. The van der Waals surface area contributed by atoms with E-state index in [2.05, 4.69) is 254 Å².